The third-order valence-electron chi connectivity index (χ3n) is 5.00. The van der Waals surface area contributed by atoms with Gasteiger partial charge in [0.2, 0.25) is 0 Å². The summed E-state index contributed by atoms with van der Waals surface area (Å²) in [5.74, 6) is 1.65. The van der Waals surface area contributed by atoms with E-state index < -0.39 is 0 Å². The molecule has 0 aliphatic heterocycles. The molecule has 148 valence electrons. The maximum Gasteiger partial charge on any atom is 0.161 e. The summed E-state index contributed by atoms with van der Waals surface area (Å²) in [5, 5.41) is 3.73. The van der Waals surface area contributed by atoms with Crippen LogP contribution in [0, 0.1) is 0 Å². The minimum atomic E-state index is 0. The van der Waals surface area contributed by atoms with Crippen LogP contribution in [0.1, 0.15) is 56.6 Å². The van der Waals surface area contributed by atoms with Gasteiger partial charge in [-0.05, 0) is 43.0 Å². The van der Waals surface area contributed by atoms with Crippen LogP contribution in [0.15, 0.2) is 48.5 Å². The molecule has 4 heteroatoms. The van der Waals surface area contributed by atoms with Crippen LogP contribution in [0.25, 0.3) is 0 Å². The van der Waals surface area contributed by atoms with Crippen molar-refractivity contribution in [2.24, 2.45) is 0 Å². The zero-order chi connectivity index (χ0) is 18.0. The largest absolute Gasteiger partial charge is 0.490 e. The highest BCUT2D eigenvalue weighted by atomic mass is 35.5. The van der Waals surface area contributed by atoms with Crippen molar-refractivity contribution in [1.82, 2.24) is 5.32 Å². The van der Waals surface area contributed by atoms with Gasteiger partial charge in [-0.15, -0.1) is 12.4 Å². The lowest BCUT2D eigenvalue weighted by molar-refractivity contribution is 0.269. The lowest BCUT2D eigenvalue weighted by atomic mass is 10.1. The van der Waals surface area contributed by atoms with Gasteiger partial charge in [0.25, 0.3) is 0 Å². The first kappa shape index (κ1) is 21.6. The average Bonchev–Trinajstić information content (AvgIpc) is 2.95. The van der Waals surface area contributed by atoms with E-state index in [-0.39, 0.29) is 12.4 Å². The molecule has 0 heterocycles. The molecule has 1 aliphatic rings. The minimum Gasteiger partial charge on any atom is -0.490 e. The van der Waals surface area contributed by atoms with Crippen LogP contribution in [-0.4, -0.2) is 12.6 Å². The predicted molar refractivity (Wildman–Crippen MR) is 114 cm³/mol. The zero-order valence-electron chi connectivity index (χ0n) is 16.3. The maximum absolute atomic E-state index is 6.00. The van der Waals surface area contributed by atoms with Crippen LogP contribution in [0.5, 0.6) is 11.5 Å². The van der Waals surface area contributed by atoms with Gasteiger partial charge in [0.05, 0.1) is 6.61 Å². The molecule has 1 fully saturated rings. The molecule has 2 aromatic carbocycles. The number of hydrogen-bond donors (Lipinski definition) is 1. The fourth-order valence-corrected chi connectivity index (χ4v) is 3.53. The normalized spacial score (nSPS) is 14.9. The maximum atomic E-state index is 6.00. The first-order valence-electron chi connectivity index (χ1n) is 10.0. The highest BCUT2D eigenvalue weighted by Crippen LogP contribution is 2.29. The number of halogens is 1. The Morgan fingerprint density at radius 2 is 1.59 bits per heavy atom. The number of nitrogens with one attached hydrogen (secondary N) is 1. The first-order valence-corrected chi connectivity index (χ1v) is 10.0. The highest BCUT2D eigenvalue weighted by Gasteiger charge is 2.12. The first-order chi connectivity index (χ1) is 12.8. The minimum absolute atomic E-state index is 0. The van der Waals surface area contributed by atoms with E-state index in [9.17, 15) is 0 Å². The van der Waals surface area contributed by atoms with Gasteiger partial charge in [0, 0.05) is 12.6 Å². The second-order valence-electron chi connectivity index (χ2n) is 7.06. The second kappa shape index (κ2) is 11.9. The van der Waals surface area contributed by atoms with Gasteiger partial charge in [-0.3, -0.25) is 0 Å². The number of ether oxygens (including phenoxy) is 2. The van der Waals surface area contributed by atoms with Crippen LogP contribution >= 0.6 is 12.4 Å². The lowest BCUT2D eigenvalue weighted by Crippen LogP contribution is -2.27. The van der Waals surface area contributed by atoms with Crippen molar-refractivity contribution in [1.29, 1.82) is 0 Å². The van der Waals surface area contributed by atoms with E-state index in [1.807, 2.05) is 31.2 Å². The topological polar surface area (TPSA) is 30.5 Å². The molecule has 1 aliphatic carbocycles. The third-order valence-corrected chi connectivity index (χ3v) is 5.00. The van der Waals surface area contributed by atoms with Crippen LogP contribution in [0.3, 0.4) is 0 Å². The molecule has 0 amide bonds. The smallest absolute Gasteiger partial charge is 0.161 e. The van der Waals surface area contributed by atoms with Crippen molar-refractivity contribution < 1.29 is 9.47 Å². The molecule has 0 aromatic heterocycles. The molecule has 2 aromatic rings. The van der Waals surface area contributed by atoms with E-state index in [0.29, 0.717) is 19.3 Å². The third kappa shape index (κ3) is 7.08. The SMILES string of the molecule is CCOc1cc(CNC2CCCCCC2)ccc1OCc1ccccc1.Cl. The van der Waals surface area contributed by atoms with Gasteiger partial charge in [0.1, 0.15) is 6.61 Å². The molecule has 3 nitrogen and oxygen atoms in total. The standard InChI is InChI=1S/C23H31NO2.ClH/c1-2-25-23-16-20(17-24-21-12-8-3-4-9-13-21)14-15-22(23)26-18-19-10-6-5-7-11-19;/h5-7,10-11,14-16,21,24H,2-4,8-9,12-13,17-18H2,1H3;1H. The molecule has 3 rings (SSSR count). The fourth-order valence-electron chi connectivity index (χ4n) is 3.53. The Labute approximate surface area is 169 Å². The monoisotopic (exact) mass is 389 g/mol. The van der Waals surface area contributed by atoms with Crippen molar-refractivity contribution in [3.8, 4) is 11.5 Å². The molecule has 0 bridgehead atoms. The van der Waals surface area contributed by atoms with Gasteiger partial charge in [-0.2, -0.15) is 0 Å². The van der Waals surface area contributed by atoms with Crippen molar-refractivity contribution in [3.63, 3.8) is 0 Å². The summed E-state index contributed by atoms with van der Waals surface area (Å²) in [5.41, 5.74) is 2.42. The van der Waals surface area contributed by atoms with E-state index in [4.69, 9.17) is 9.47 Å². The Hall–Kier alpha value is -1.71. The summed E-state index contributed by atoms with van der Waals surface area (Å²) in [7, 11) is 0. The van der Waals surface area contributed by atoms with E-state index in [2.05, 4.69) is 29.6 Å². The van der Waals surface area contributed by atoms with E-state index in [1.54, 1.807) is 0 Å². The molecule has 1 N–H and O–H groups in total. The summed E-state index contributed by atoms with van der Waals surface area (Å²) < 4.78 is 11.8. The zero-order valence-corrected chi connectivity index (χ0v) is 17.1. The Morgan fingerprint density at radius 1 is 0.852 bits per heavy atom. The Bertz CT molecular complexity index is 655. The van der Waals surface area contributed by atoms with Gasteiger partial charge in [0.15, 0.2) is 11.5 Å². The van der Waals surface area contributed by atoms with E-state index in [0.717, 1.165) is 23.6 Å². The van der Waals surface area contributed by atoms with Gasteiger partial charge in [-0.1, -0.05) is 62.1 Å². The van der Waals surface area contributed by atoms with Crippen molar-refractivity contribution in [2.75, 3.05) is 6.61 Å². The van der Waals surface area contributed by atoms with E-state index in [1.165, 1.54) is 44.1 Å². The summed E-state index contributed by atoms with van der Waals surface area (Å²) in [6.45, 7) is 4.10. The Balaban J connectivity index is 0.00000261. The molecular weight excluding hydrogens is 358 g/mol. The summed E-state index contributed by atoms with van der Waals surface area (Å²) in [4.78, 5) is 0. The van der Waals surface area contributed by atoms with Crippen LogP contribution in [0.2, 0.25) is 0 Å². The molecular formula is C23H32ClNO2. The Morgan fingerprint density at radius 3 is 2.30 bits per heavy atom. The van der Waals surface area contributed by atoms with Crippen LogP contribution in [-0.2, 0) is 13.2 Å². The number of benzene rings is 2. The van der Waals surface area contributed by atoms with Crippen molar-refractivity contribution >= 4 is 12.4 Å². The predicted octanol–water partition coefficient (Wildman–Crippen LogP) is 5.90. The molecule has 27 heavy (non-hydrogen) atoms. The van der Waals surface area contributed by atoms with Crippen LogP contribution in [0.4, 0.5) is 0 Å². The van der Waals surface area contributed by atoms with Crippen LogP contribution < -0.4 is 14.8 Å². The lowest BCUT2D eigenvalue weighted by Gasteiger charge is -2.17. The molecule has 0 saturated heterocycles. The average molecular weight is 390 g/mol. The van der Waals surface area contributed by atoms with Gasteiger partial charge >= 0.3 is 0 Å². The molecule has 1 saturated carbocycles. The summed E-state index contributed by atoms with van der Waals surface area (Å²) in [6, 6.07) is 17.2. The number of rotatable bonds is 8. The Kier molecular flexibility index (Phi) is 9.51. The van der Waals surface area contributed by atoms with E-state index >= 15 is 0 Å². The van der Waals surface area contributed by atoms with Crippen molar-refractivity contribution in [2.45, 2.75) is 64.6 Å². The molecule has 0 radical (unpaired) electrons. The van der Waals surface area contributed by atoms with Gasteiger partial charge in [-0.25, -0.2) is 0 Å². The van der Waals surface area contributed by atoms with Crippen molar-refractivity contribution in [3.05, 3.63) is 59.7 Å². The summed E-state index contributed by atoms with van der Waals surface area (Å²) in [6.07, 6.45) is 8.09. The second-order valence-corrected chi connectivity index (χ2v) is 7.06. The quantitative estimate of drug-likeness (QED) is 0.570. The fraction of sp³-hybridized carbons (Fsp3) is 0.478. The summed E-state index contributed by atoms with van der Waals surface area (Å²) >= 11 is 0. The molecule has 0 unspecified atom stereocenters. The van der Waals surface area contributed by atoms with Gasteiger partial charge < -0.3 is 14.8 Å². The number of hydrogen-bond acceptors (Lipinski definition) is 3. The highest BCUT2D eigenvalue weighted by molar-refractivity contribution is 5.85. The molecule has 0 atom stereocenters. The molecule has 0 spiro atoms.